The Balaban J connectivity index is 2.17. The zero-order chi connectivity index (χ0) is 29.4. The maximum absolute atomic E-state index is 12.0. The van der Waals surface area contributed by atoms with Gasteiger partial charge in [-0.15, -0.1) is 11.6 Å². The summed E-state index contributed by atoms with van der Waals surface area (Å²) in [4.78, 5) is 22.6. The van der Waals surface area contributed by atoms with Gasteiger partial charge in [0, 0.05) is 25.0 Å². The molecule has 0 amide bonds. The molecule has 2 aromatic carbocycles. The van der Waals surface area contributed by atoms with Crippen LogP contribution in [-0.2, 0) is 34.3 Å². The van der Waals surface area contributed by atoms with Crippen molar-refractivity contribution in [1.29, 1.82) is 0 Å². The summed E-state index contributed by atoms with van der Waals surface area (Å²) in [6.45, 7) is 7.92. The lowest BCUT2D eigenvalue weighted by atomic mass is 9.78. The van der Waals surface area contributed by atoms with Gasteiger partial charge >= 0.3 is 11.9 Å². The number of esters is 2. The van der Waals surface area contributed by atoms with E-state index in [-0.39, 0.29) is 46.4 Å². The molecule has 0 aromatic heterocycles. The van der Waals surface area contributed by atoms with Crippen molar-refractivity contribution in [2.75, 3.05) is 30.6 Å². The molecule has 0 fully saturated rings. The molecule has 0 radical (unpaired) electrons. The van der Waals surface area contributed by atoms with E-state index in [0.717, 1.165) is 11.1 Å². The van der Waals surface area contributed by atoms with Gasteiger partial charge in [0.25, 0.3) is 0 Å². The summed E-state index contributed by atoms with van der Waals surface area (Å²) in [5.74, 6) is -0.648. The fourth-order valence-electron chi connectivity index (χ4n) is 3.66. The second kappa shape index (κ2) is 14.4. The molecular weight excluding hydrogens is 591 g/mol. The third-order valence-electron chi connectivity index (χ3n) is 5.86. The maximum Gasteiger partial charge on any atom is 0.303 e. The number of benzene rings is 2. The number of carbonyl (C=O) groups is 2. The second-order valence-corrected chi connectivity index (χ2v) is 12.9. The Labute approximate surface area is 244 Å². The van der Waals surface area contributed by atoms with Crippen LogP contribution < -0.4 is 9.47 Å². The van der Waals surface area contributed by atoms with Crippen LogP contribution in [0.1, 0.15) is 45.7 Å². The van der Waals surface area contributed by atoms with Gasteiger partial charge in [0.05, 0.1) is 21.7 Å². The molecule has 0 aliphatic rings. The standard InChI is InChI=1S/C27H33Cl3O8S/c1-6-39(33,34)16-23(38-18(3)32)15-36-26-24(29)11-20(12-25(26)30)27(4,5)19-7-9-21(10-8-19)35-14-22(13-28)37-17(2)31/h7-12,22-23H,6,13-16H2,1-5H3/t22-,23-/m1/s1. The van der Waals surface area contributed by atoms with Crippen molar-refractivity contribution in [3.8, 4) is 11.5 Å². The molecule has 0 N–H and O–H groups in total. The zero-order valence-corrected chi connectivity index (χ0v) is 25.5. The van der Waals surface area contributed by atoms with E-state index >= 15 is 0 Å². The minimum Gasteiger partial charge on any atom is -0.490 e. The summed E-state index contributed by atoms with van der Waals surface area (Å²) in [5, 5.41) is 0.450. The molecule has 0 heterocycles. The smallest absolute Gasteiger partial charge is 0.303 e. The van der Waals surface area contributed by atoms with E-state index in [9.17, 15) is 18.0 Å². The van der Waals surface area contributed by atoms with Gasteiger partial charge in [-0.3, -0.25) is 9.59 Å². The summed E-state index contributed by atoms with van der Waals surface area (Å²) >= 11 is 18.9. The number of sulfone groups is 1. The second-order valence-electron chi connectivity index (χ2n) is 9.36. The molecule has 0 unspecified atom stereocenters. The van der Waals surface area contributed by atoms with Crippen molar-refractivity contribution in [2.45, 2.75) is 52.2 Å². The van der Waals surface area contributed by atoms with Crippen LogP contribution in [0.5, 0.6) is 11.5 Å². The Kier molecular flexibility index (Phi) is 12.2. The largest absolute Gasteiger partial charge is 0.490 e. The molecule has 0 saturated carbocycles. The summed E-state index contributed by atoms with van der Waals surface area (Å²) < 4.78 is 45.7. The topological polar surface area (TPSA) is 105 Å². The van der Waals surface area contributed by atoms with Gasteiger partial charge in [0.15, 0.2) is 15.6 Å². The fraction of sp³-hybridized carbons (Fsp3) is 0.481. The number of rotatable bonds is 14. The first-order valence-corrected chi connectivity index (χ1v) is 15.3. The lowest BCUT2D eigenvalue weighted by molar-refractivity contribution is -0.147. The molecule has 12 heteroatoms. The summed E-state index contributed by atoms with van der Waals surface area (Å²) in [6.07, 6.45) is -1.56. The van der Waals surface area contributed by atoms with Crippen LogP contribution in [0.25, 0.3) is 0 Å². The first-order chi connectivity index (χ1) is 18.2. The quantitative estimate of drug-likeness (QED) is 0.197. The molecule has 2 atom stereocenters. The van der Waals surface area contributed by atoms with Gasteiger partial charge in [-0.2, -0.15) is 0 Å². The van der Waals surface area contributed by atoms with Gasteiger partial charge in [-0.05, 0) is 35.4 Å². The van der Waals surface area contributed by atoms with Crippen LogP contribution in [0.2, 0.25) is 10.0 Å². The molecule has 0 aliphatic carbocycles. The highest BCUT2D eigenvalue weighted by molar-refractivity contribution is 7.91. The molecule has 8 nitrogen and oxygen atoms in total. The third kappa shape index (κ3) is 10.0. The van der Waals surface area contributed by atoms with Gasteiger partial charge < -0.3 is 18.9 Å². The van der Waals surface area contributed by atoms with Crippen LogP contribution in [-0.4, -0.2) is 63.2 Å². The number of carbonyl (C=O) groups excluding carboxylic acids is 2. The van der Waals surface area contributed by atoms with Crippen LogP contribution in [0, 0.1) is 0 Å². The van der Waals surface area contributed by atoms with Crippen molar-refractivity contribution in [2.24, 2.45) is 0 Å². The van der Waals surface area contributed by atoms with E-state index in [1.54, 1.807) is 24.3 Å². The monoisotopic (exact) mass is 622 g/mol. The van der Waals surface area contributed by atoms with Crippen LogP contribution in [0.15, 0.2) is 36.4 Å². The van der Waals surface area contributed by atoms with Crippen molar-refractivity contribution in [3.05, 3.63) is 57.6 Å². The molecule has 216 valence electrons. The van der Waals surface area contributed by atoms with E-state index in [1.165, 1.54) is 20.8 Å². The summed E-state index contributed by atoms with van der Waals surface area (Å²) in [6, 6.07) is 10.9. The minimum absolute atomic E-state index is 0.0919. The van der Waals surface area contributed by atoms with Crippen molar-refractivity contribution in [1.82, 2.24) is 0 Å². The molecule has 2 aromatic rings. The molecule has 0 bridgehead atoms. The SMILES string of the molecule is CCS(=O)(=O)C[C@@H](COc1c(Cl)cc(C(C)(C)c2ccc(OC[C@@H](CCl)OC(C)=O)cc2)cc1Cl)OC(C)=O. The number of ether oxygens (including phenoxy) is 4. The Morgan fingerprint density at radius 2 is 1.38 bits per heavy atom. The van der Waals surface area contributed by atoms with Gasteiger partial charge in [-0.1, -0.05) is 56.1 Å². The highest BCUT2D eigenvalue weighted by Gasteiger charge is 2.27. The molecule has 39 heavy (non-hydrogen) atoms. The lowest BCUT2D eigenvalue weighted by Crippen LogP contribution is -2.32. The summed E-state index contributed by atoms with van der Waals surface area (Å²) in [7, 11) is -3.42. The minimum atomic E-state index is -3.42. The average Bonchev–Trinajstić information content (AvgIpc) is 2.85. The lowest BCUT2D eigenvalue weighted by Gasteiger charge is -2.27. The van der Waals surface area contributed by atoms with Crippen LogP contribution >= 0.6 is 34.8 Å². The van der Waals surface area contributed by atoms with E-state index in [2.05, 4.69) is 0 Å². The highest BCUT2D eigenvalue weighted by atomic mass is 35.5. The van der Waals surface area contributed by atoms with Crippen LogP contribution in [0.3, 0.4) is 0 Å². The Hall–Kier alpha value is -2.20. The van der Waals surface area contributed by atoms with E-state index in [4.69, 9.17) is 53.8 Å². The Morgan fingerprint density at radius 3 is 1.87 bits per heavy atom. The average molecular weight is 624 g/mol. The van der Waals surface area contributed by atoms with Crippen molar-refractivity contribution < 1.29 is 37.0 Å². The zero-order valence-electron chi connectivity index (χ0n) is 22.5. The predicted octanol–water partition coefficient (Wildman–Crippen LogP) is 5.61. The maximum atomic E-state index is 12.0. The molecule has 0 spiro atoms. The molecule has 0 saturated heterocycles. The number of hydrogen-bond donors (Lipinski definition) is 0. The first-order valence-electron chi connectivity index (χ1n) is 12.1. The molecule has 2 rings (SSSR count). The van der Waals surface area contributed by atoms with Crippen molar-refractivity contribution >= 4 is 56.6 Å². The third-order valence-corrected chi connectivity index (χ3v) is 8.53. The predicted molar refractivity (Wildman–Crippen MR) is 152 cm³/mol. The first kappa shape index (κ1) is 33.0. The Bertz CT molecular complexity index is 1220. The van der Waals surface area contributed by atoms with Crippen molar-refractivity contribution in [3.63, 3.8) is 0 Å². The van der Waals surface area contributed by atoms with E-state index in [1.807, 2.05) is 26.0 Å². The summed E-state index contributed by atoms with van der Waals surface area (Å²) in [5.41, 5.74) is 1.24. The van der Waals surface area contributed by atoms with E-state index in [0.29, 0.717) is 5.75 Å². The highest BCUT2D eigenvalue weighted by Crippen LogP contribution is 2.40. The van der Waals surface area contributed by atoms with Crippen LogP contribution in [0.4, 0.5) is 0 Å². The Morgan fingerprint density at radius 1 is 0.872 bits per heavy atom. The molecule has 0 aliphatic heterocycles. The number of hydrogen-bond acceptors (Lipinski definition) is 8. The molecular formula is C27H33Cl3O8S. The van der Waals surface area contributed by atoms with Gasteiger partial charge in [0.1, 0.15) is 31.2 Å². The van der Waals surface area contributed by atoms with E-state index < -0.39 is 39.4 Å². The number of halogens is 3. The van der Waals surface area contributed by atoms with Gasteiger partial charge in [-0.25, -0.2) is 8.42 Å². The fourth-order valence-corrected chi connectivity index (χ4v) is 5.37. The normalized spacial score (nSPS) is 13.3. The van der Waals surface area contributed by atoms with Gasteiger partial charge in [0.2, 0.25) is 0 Å². The number of alkyl halides is 1.